The summed E-state index contributed by atoms with van der Waals surface area (Å²) in [5, 5.41) is 9.90. The number of aliphatic hydroxyl groups excluding tert-OH is 1. The first kappa shape index (κ1) is 23.8. The number of pyridine rings is 1. The van der Waals surface area contributed by atoms with Crippen LogP contribution in [0.2, 0.25) is 0 Å². The van der Waals surface area contributed by atoms with Crippen LogP contribution in [0.25, 0.3) is 17.3 Å². The number of nitrogens with zero attached hydrogens (tertiary/aromatic N) is 5. The smallest absolute Gasteiger partial charge is 0.253 e. The molecule has 2 fully saturated rings. The molecule has 6 rings (SSSR count). The van der Waals surface area contributed by atoms with Crippen LogP contribution in [0.15, 0.2) is 54.4 Å². The number of morpholine rings is 1. The fourth-order valence-corrected chi connectivity index (χ4v) is 5.36. The number of rotatable bonds is 5. The number of hydrogen-bond acceptors (Lipinski definition) is 7. The van der Waals surface area contributed by atoms with Gasteiger partial charge in [-0.15, -0.1) is 0 Å². The van der Waals surface area contributed by atoms with Gasteiger partial charge in [-0.2, -0.15) is 0 Å². The molecule has 4 heterocycles. The monoisotopic (exact) mass is 497 g/mol. The second-order valence-corrected chi connectivity index (χ2v) is 9.95. The first-order chi connectivity index (χ1) is 18.1. The lowest BCUT2D eigenvalue weighted by Crippen LogP contribution is -2.37. The van der Waals surface area contributed by atoms with Crippen LogP contribution in [0.5, 0.6) is 0 Å². The molecule has 1 atom stereocenters. The summed E-state index contributed by atoms with van der Waals surface area (Å²) >= 11 is 0. The molecule has 1 aromatic carbocycles. The number of carbonyl (C=O) groups is 1. The molecule has 1 N–H and O–H groups in total. The van der Waals surface area contributed by atoms with Crippen molar-refractivity contribution in [3.05, 3.63) is 76.7 Å². The fourth-order valence-electron chi connectivity index (χ4n) is 5.36. The standard InChI is InChI=1S/C29H31N5O3/c35-24-8-10-34(19-24)28(36)23-5-1-4-22(17-23)27-25-7-6-20(15-21-3-2-9-30-18-21)16-26(25)31-29(32-27)33-11-13-37-14-12-33/h1-5,9,16-18,24,35H,6-8,10-15,19H2. The number of benzene rings is 1. The van der Waals surface area contributed by atoms with Gasteiger partial charge in [-0.3, -0.25) is 9.78 Å². The normalized spacial score (nSPS) is 19.5. The molecule has 3 aromatic rings. The molecular formula is C29H31N5O3. The minimum atomic E-state index is -0.440. The SMILES string of the molecule is O=C(c1cccc(-c2nc(N3CCOCC3)nc3c2CCC(Cc2cccnc2)=C3)c1)N1CCC(O)C1. The molecule has 2 aromatic heterocycles. The van der Waals surface area contributed by atoms with Crippen LogP contribution in [-0.4, -0.2) is 76.4 Å². The van der Waals surface area contributed by atoms with E-state index in [2.05, 4.69) is 22.0 Å². The lowest BCUT2D eigenvalue weighted by Gasteiger charge is -2.29. The van der Waals surface area contributed by atoms with Gasteiger partial charge in [0.15, 0.2) is 0 Å². The molecule has 1 aliphatic carbocycles. The predicted molar refractivity (Wildman–Crippen MR) is 141 cm³/mol. The summed E-state index contributed by atoms with van der Waals surface area (Å²) in [6.07, 6.45) is 8.74. The Morgan fingerprint density at radius 3 is 2.76 bits per heavy atom. The molecule has 0 saturated carbocycles. The van der Waals surface area contributed by atoms with Gasteiger partial charge < -0.3 is 19.6 Å². The van der Waals surface area contributed by atoms with E-state index in [1.807, 2.05) is 36.5 Å². The third kappa shape index (κ3) is 5.12. The summed E-state index contributed by atoms with van der Waals surface area (Å²) in [6.45, 7) is 3.78. The van der Waals surface area contributed by atoms with Gasteiger partial charge >= 0.3 is 0 Å². The number of hydrogen-bond donors (Lipinski definition) is 1. The lowest BCUT2D eigenvalue weighted by atomic mass is 9.89. The van der Waals surface area contributed by atoms with Gasteiger partial charge in [0, 0.05) is 55.3 Å². The molecular weight excluding hydrogens is 466 g/mol. The average Bonchev–Trinajstić information content (AvgIpc) is 3.39. The van der Waals surface area contributed by atoms with E-state index in [1.54, 1.807) is 11.1 Å². The van der Waals surface area contributed by atoms with E-state index >= 15 is 0 Å². The third-order valence-electron chi connectivity index (χ3n) is 7.35. The number of likely N-dealkylation sites (tertiary alicyclic amines) is 1. The summed E-state index contributed by atoms with van der Waals surface area (Å²) in [7, 11) is 0. The highest BCUT2D eigenvalue weighted by molar-refractivity contribution is 5.95. The molecule has 0 bridgehead atoms. The first-order valence-electron chi connectivity index (χ1n) is 13.0. The number of allylic oxidation sites excluding steroid dienone is 1. The van der Waals surface area contributed by atoms with Crippen LogP contribution in [-0.2, 0) is 17.6 Å². The van der Waals surface area contributed by atoms with Crippen LogP contribution in [0.1, 0.15) is 40.0 Å². The van der Waals surface area contributed by atoms with Gasteiger partial charge in [0.1, 0.15) is 0 Å². The molecule has 37 heavy (non-hydrogen) atoms. The summed E-state index contributed by atoms with van der Waals surface area (Å²) in [5.41, 5.74) is 7.02. The zero-order valence-corrected chi connectivity index (χ0v) is 20.8. The van der Waals surface area contributed by atoms with E-state index < -0.39 is 6.10 Å². The molecule has 2 saturated heterocycles. The van der Waals surface area contributed by atoms with Crippen LogP contribution in [0.3, 0.4) is 0 Å². The summed E-state index contributed by atoms with van der Waals surface area (Å²) in [6, 6.07) is 11.8. The second kappa shape index (κ2) is 10.4. The molecule has 0 spiro atoms. The van der Waals surface area contributed by atoms with E-state index in [0.717, 1.165) is 54.9 Å². The van der Waals surface area contributed by atoms with Crippen LogP contribution in [0.4, 0.5) is 5.95 Å². The van der Waals surface area contributed by atoms with E-state index in [4.69, 9.17) is 14.7 Å². The summed E-state index contributed by atoms with van der Waals surface area (Å²) < 4.78 is 5.56. The van der Waals surface area contributed by atoms with Crippen molar-refractivity contribution in [1.82, 2.24) is 19.9 Å². The fraction of sp³-hybridized carbons (Fsp3) is 0.379. The predicted octanol–water partition coefficient (Wildman–Crippen LogP) is 3.15. The van der Waals surface area contributed by atoms with Gasteiger partial charge in [-0.25, -0.2) is 9.97 Å². The van der Waals surface area contributed by atoms with Crippen molar-refractivity contribution in [3.63, 3.8) is 0 Å². The van der Waals surface area contributed by atoms with Gasteiger partial charge in [0.2, 0.25) is 5.95 Å². The second-order valence-electron chi connectivity index (χ2n) is 9.95. The summed E-state index contributed by atoms with van der Waals surface area (Å²) in [4.78, 5) is 31.4. The number of amides is 1. The highest BCUT2D eigenvalue weighted by Crippen LogP contribution is 2.34. The number of ether oxygens (including phenoxy) is 1. The Labute approximate surface area is 216 Å². The van der Waals surface area contributed by atoms with Crippen molar-refractivity contribution in [2.24, 2.45) is 0 Å². The Hall–Kier alpha value is -3.62. The number of carbonyl (C=O) groups excluding carboxylic acids is 1. The van der Waals surface area contributed by atoms with Crippen LogP contribution in [0, 0.1) is 0 Å². The average molecular weight is 498 g/mol. The zero-order valence-electron chi connectivity index (χ0n) is 20.8. The van der Waals surface area contributed by atoms with Crippen LogP contribution < -0.4 is 4.90 Å². The molecule has 190 valence electrons. The minimum absolute atomic E-state index is 0.0478. The van der Waals surface area contributed by atoms with Crippen molar-refractivity contribution >= 4 is 17.9 Å². The quantitative estimate of drug-likeness (QED) is 0.579. The molecule has 1 amide bonds. The van der Waals surface area contributed by atoms with Crippen molar-refractivity contribution in [3.8, 4) is 11.3 Å². The molecule has 2 aliphatic heterocycles. The van der Waals surface area contributed by atoms with E-state index in [9.17, 15) is 9.90 Å². The van der Waals surface area contributed by atoms with Gasteiger partial charge in [-0.05, 0) is 55.5 Å². The first-order valence-corrected chi connectivity index (χ1v) is 13.0. The maximum Gasteiger partial charge on any atom is 0.253 e. The molecule has 8 nitrogen and oxygen atoms in total. The number of anilines is 1. The Morgan fingerprint density at radius 2 is 1.97 bits per heavy atom. The Kier molecular flexibility index (Phi) is 6.68. The molecule has 3 aliphatic rings. The zero-order chi connectivity index (χ0) is 25.2. The Morgan fingerprint density at radius 1 is 1.08 bits per heavy atom. The Bertz CT molecular complexity index is 1320. The highest BCUT2D eigenvalue weighted by atomic mass is 16.5. The number of aliphatic hydroxyl groups is 1. The number of β-amino-alcohol motifs (C(OH)–C–C–N with tert-alkyl or cyclic N) is 1. The van der Waals surface area contributed by atoms with E-state index in [1.165, 1.54) is 11.1 Å². The lowest BCUT2D eigenvalue weighted by molar-refractivity contribution is 0.0765. The maximum absolute atomic E-state index is 13.1. The summed E-state index contributed by atoms with van der Waals surface area (Å²) in [5.74, 6) is 0.656. The van der Waals surface area contributed by atoms with Gasteiger partial charge in [0.05, 0.1) is 30.7 Å². The van der Waals surface area contributed by atoms with Crippen molar-refractivity contribution in [1.29, 1.82) is 0 Å². The highest BCUT2D eigenvalue weighted by Gasteiger charge is 2.27. The number of aromatic nitrogens is 3. The topological polar surface area (TPSA) is 91.7 Å². The maximum atomic E-state index is 13.1. The largest absolute Gasteiger partial charge is 0.391 e. The van der Waals surface area contributed by atoms with Gasteiger partial charge in [-0.1, -0.05) is 23.8 Å². The van der Waals surface area contributed by atoms with E-state index in [-0.39, 0.29) is 5.91 Å². The third-order valence-corrected chi connectivity index (χ3v) is 7.35. The van der Waals surface area contributed by atoms with Crippen molar-refractivity contribution in [2.75, 3.05) is 44.3 Å². The number of fused-ring (bicyclic) bond motifs is 1. The van der Waals surface area contributed by atoms with Crippen molar-refractivity contribution < 1.29 is 14.6 Å². The van der Waals surface area contributed by atoms with E-state index in [0.29, 0.717) is 44.2 Å². The minimum Gasteiger partial charge on any atom is -0.391 e. The van der Waals surface area contributed by atoms with Crippen LogP contribution >= 0.6 is 0 Å². The molecule has 0 radical (unpaired) electrons. The Balaban J connectivity index is 1.38. The molecule has 8 heteroatoms. The molecule has 1 unspecified atom stereocenters. The van der Waals surface area contributed by atoms with Crippen molar-refractivity contribution in [2.45, 2.75) is 31.8 Å². The van der Waals surface area contributed by atoms with Gasteiger partial charge in [0.25, 0.3) is 5.91 Å².